The Morgan fingerprint density at radius 1 is 1.04 bits per heavy atom. The van der Waals surface area contributed by atoms with Gasteiger partial charge in [-0.2, -0.15) is 0 Å². The number of aromatic nitrogens is 1. The summed E-state index contributed by atoms with van der Waals surface area (Å²) in [6, 6.07) is 14.1. The minimum atomic E-state index is -3.03. The minimum Gasteiger partial charge on any atom is -0.368 e. The summed E-state index contributed by atoms with van der Waals surface area (Å²) in [4.78, 5) is 21.0. The Hall–Kier alpha value is -2.61. The van der Waals surface area contributed by atoms with Crippen LogP contribution in [0.2, 0.25) is 0 Å². The molecule has 1 aromatic heterocycles. The van der Waals surface area contributed by atoms with Gasteiger partial charge in [0.25, 0.3) is 0 Å². The van der Waals surface area contributed by atoms with Crippen molar-refractivity contribution in [2.24, 2.45) is 0 Å². The van der Waals surface area contributed by atoms with Gasteiger partial charge in [0.2, 0.25) is 5.91 Å². The summed E-state index contributed by atoms with van der Waals surface area (Å²) in [5.74, 6) is 0.712. The van der Waals surface area contributed by atoms with Crippen LogP contribution in [0.1, 0.15) is 12.8 Å². The fourth-order valence-electron chi connectivity index (χ4n) is 3.20. The van der Waals surface area contributed by atoms with Crippen LogP contribution in [0.25, 0.3) is 0 Å². The van der Waals surface area contributed by atoms with Crippen LogP contribution in [0.5, 0.6) is 0 Å². The summed E-state index contributed by atoms with van der Waals surface area (Å²) in [6.07, 6.45) is 3.32. The van der Waals surface area contributed by atoms with E-state index in [1.54, 1.807) is 6.20 Å². The second-order valence-corrected chi connectivity index (χ2v) is 9.26. The molecule has 1 saturated heterocycles. The number of carbonyl (C=O) groups excluding carboxylic acids is 1. The van der Waals surface area contributed by atoms with Crippen LogP contribution in [0.3, 0.4) is 0 Å². The zero-order valence-electron chi connectivity index (χ0n) is 16.0. The molecule has 1 aromatic carbocycles. The summed E-state index contributed by atoms with van der Waals surface area (Å²) in [6.45, 7) is 3.65. The molecule has 0 saturated carbocycles. The van der Waals surface area contributed by atoms with E-state index in [2.05, 4.69) is 44.4 Å². The van der Waals surface area contributed by atoms with Crippen LogP contribution < -0.4 is 15.1 Å². The Balaban J connectivity index is 1.47. The molecular weight excluding hydrogens is 376 g/mol. The zero-order chi connectivity index (χ0) is 20.0. The fraction of sp³-hybridized carbons (Fsp3) is 0.400. The quantitative estimate of drug-likeness (QED) is 0.764. The Kier molecular flexibility index (Phi) is 6.51. The van der Waals surface area contributed by atoms with Gasteiger partial charge < -0.3 is 15.1 Å². The van der Waals surface area contributed by atoms with E-state index in [0.29, 0.717) is 12.1 Å². The number of amides is 1. The first-order valence-electron chi connectivity index (χ1n) is 9.39. The molecule has 0 radical (unpaired) electrons. The smallest absolute Gasteiger partial charge is 0.224 e. The van der Waals surface area contributed by atoms with E-state index in [0.717, 1.165) is 32.0 Å². The van der Waals surface area contributed by atoms with Crippen LogP contribution >= 0.6 is 0 Å². The van der Waals surface area contributed by atoms with Crippen molar-refractivity contribution in [2.45, 2.75) is 12.8 Å². The maximum Gasteiger partial charge on any atom is 0.224 e. The molecule has 1 amide bonds. The van der Waals surface area contributed by atoms with Gasteiger partial charge in [-0.25, -0.2) is 13.4 Å². The molecule has 1 N–H and O–H groups in total. The number of benzene rings is 1. The summed E-state index contributed by atoms with van der Waals surface area (Å²) < 4.78 is 22.2. The zero-order valence-corrected chi connectivity index (χ0v) is 16.9. The molecule has 1 aliphatic rings. The highest BCUT2D eigenvalue weighted by molar-refractivity contribution is 7.90. The van der Waals surface area contributed by atoms with Crippen LogP contribution in [-0.4, -0.2) is 57.5 Å². The maximum absolute atomic E-state index is 11.9. The molecule has 0 bridgehead atoms. The number of nitrogens with one attached hydrogen (secondary N) is 1. The van der Waals surface area contributed by atoms with Crippen molar-refractivity contribution in [1.82, 2.24) is 4.98 Å². The Labute approximate surface area is 166 Å². The standard InChI is InChI=1S/C20H26N4O3S/c1-28(26,27)15-5-8-20(25)22-17-9-10-19(21-16-17)24-13-11-23(12-14-24)18-6-3-2-4-7-18/h2-4,6-7,9-10,16H,5,8,11-15H2,1H3,(H,22,25). The van der Waals surface area contributed by atoms with Gasteiger partial charge in [-0.3, -0.25) is 4.79 Å². The van der Waals surface area contributed by atoms with Crippen LogP contribution in [0.4, 0.5) is 17.2 Å². The monoisotopic (exact) mass is 402 g/mol. The first-order chi connectivity index (χ1) is 13.4. The number of pyridine rings is 1. The second-order valence-electron chi connectivity index (χ2n) is 7.00. The Bertz CT molecular complexity index is 877. The number of sulfone groups is 1. The van der Waals surface area contributed by atoms with Crippen molar-refractivity contribution in [3.8, 4) is 0 Å². The predicted octanol–water partition coefficient (Wildman–Crippen LogP) is 2.17. The lowest BCUT2D eigenvalue weighted by Crippen LogP contribution is -2.46. The number of rotatable bonds is 7. The third-order valence-electron chi connectivity index (χ3n) is 4.68. The van der Waals surface area contributed by atoms with Crippen molar-refractivity contribution in [2.75, 3.05) is 53.3 Å². The van der Waals surface area contributed by atoms with E-state index in [-0.39, 0.29) is 18.1 Å². The van der Waals surface area contributed by atoms with E-state index in [1.165, 1.54) is 11.9 Å². The summed E-state index contributed by atoms with van der Waals surface area (Å²) in [5, 5.41) is 2.76. The molecule has 2 aromatic rings. The van der Waals surface area contributed by atoms with E-state index in [4.69, 9.17) is 0 Å². The Morgan fingerprint density at radius 3 is 2.32 bits per heavy atom. The molecule has 7 nitrogen and oxygen atoms in total. The van der Waals surface area contributed by atoms with Crippen molar-refractivity contribution in [3.05, 3.63) is 48.7 Å². The van der Waals surface area contributed by atoms with Gasteiger partial charge in [-0.1, -0.05) is 18.2 Å². The topological polar surface area (TPSA) is 82.6 Å². The van der Waals surface area contributed by atoms with Crippen LogP contribution in [0, 0.1) is 0 Å². The van der Waals surface area contributed by atoms with Gasteiger partial charge >= 0.3 is 0 Å². The number of anilines is 3. The van der Waals surface area contributed by atoms with E-state index < -0.39 is 9.84 Å². The van der Waals surface area contributed by atoms with Crippen molar-refractivity contribution >= 4 is 32.9 Å². The van der Waals surface area contributed by atoms with E-state index >= 15 is 0 Å². The predicted molar refractivity (Wildman–Crippen MR) is 113 cm³/mol. The molecule has 1 fully saturated rings. The van der Waals surface area contributed by atoms with E-state index in [1.807, 2.05) is 18.2 Å². The summed E-state index contributed by atoms with van der Waals surface area (Å²) >= 11 is 0. The van der Waals surface area contributed by atoms with E-state index in [9.17, 15) is 13.2 Å². The number of carbonyl (C=O) groups is 1. The molecule has 28 heavy (non-hydrogen) atoms. The fourth-order valence-corrected chi connectivity index (χ4v) is 3.87. The number of para-hydroxylation sites is 1. The maximum atomic E-state index is 11.9. The lowest BCUT2D eigenvalue weighted by Gasteiger charge is -2.36. The van der Waals surface area contributed by atoms with Crippen molar-refractivity contribution < 1.29 is 13.2 Å². The third-order valence-corrected chi connectivity index (χ3v) is 5.71. The highest BCUT2D eigenvalue weighted by atomic mass is 32.2. The largest absolute Gasteiger partial charge is 0.368 e. The molecule has 2 heterocycles. The van der Waals surface area contributed by atoms with Gasteiger partial charge in [0.15, 0.2) is 0 Å². The molecule has 0 unspecified atom stereocenters. The molecule has 0 aliphatic carbocycles. The molecule has 8 heteroatoms. The highest BCUT2D eigenvalue weighted by Gasteiger charge is 2.18. The summed E-state index contributed by atoms with van der Waals surface area (Å²) in [5.41, 5.74) is 1.86. The Morgan fingerprint density at radius 2 is 1.71 bits per heavy atom. The SMILES string of the molecule is CS(=O)(=O)CCCC(=O)Nc1ccc(N2CCN(c3ccccc3)CC2)nc1. The van der Waals surface area contributed by atoms with Gasteiger partial charge in [-0.15, -0.1) is 0 Å². The number of piperazine rings is 1. The minimum absolute atomic E-state index is 0.0204. The molecule has 3 rings (SSSR count). The van der Waals surface area contributed by atoms with Gasteiger partial charge in [-0.05, 0) is 30.7 Å². The lowest BCUT2D eigenvalue weighted by molar-refractivity contribution is -0.116. The number of hydrogen-bond donors (Lipinski definition) is 1. The average molecular weight is 403 g/mol. The number of nitrogens with zero attached hydrogens (tertiary/aromatic N) is 3. The first-order valence-corrected chi connectivity index (χ1v) is 11.5. The van der Waals surface area contributed by atoms with Crippen molar-refractivity contribution in [3.63, 3.8) is 0 Å². The molecule has 0 spiro atoms. The van der Waals surface area contributed by atoms with Crippen LogP contribution in [0.15, 0.2) is 48.7 Å². The number of hydrogen-bond acceptors (Lipinski definition) is 6. The summed E-state index contributed by atoms with van der Waals surface area (Å²) in [7, 11) is -3.03. The third kappa shape index (κ3) is 5.95. The van der Waals surface area contributed by atoms with Crippen LogP contribution in [-0.2, 0) is 14.6 Å². The first kappa shape index (κ1) is 20.1. The van der Waals surface area contributed by atoms with Gasteiger partial charge in [0.05, 0.1) is 17.6 Å². The molecular formula is C20H26N4O3S. The molecule has 0 atom stereocenters. The normalized spacial score (nSPS) is 14.8. The second kappa shape index (κ2) is 9.05. The molecule has 150 valence electrons. The van der Waals surface area contributed by atoms with Gasteiger partial charge in [0, 0.05) is 44.5 Å². The van der Waals surface area contributed by atoms with Crippen molar-refractivity contribution in [1.29, 1.82) is 0 Å². The average Bonchev–Trinajstić information content (AvgIpc) is 2.68. The lowest BCUT2D eigenvalue weighted by atomic mass is 10.2. The molecule has 1 aliphatic heterocycles. The van der Waals surface area contributed by atoms with Gasteiger partial charge in [0.1, 0.15) is 15.7 Å². The highest BCUT2D eigenvalue weighted by Crippen LogP contribution is 2.20.